The van der Waals surface area contributed by atoms with Gasteiger partial charge in [0.2, 0.25) is 5.91 Å². The van der Waals surface area contributed by atoms with E-state index in [1.807, 2.05) is 6.07 Å². The molecule has 3 rings (SSSR count). The lowest BCUT2D eigenvalue weighted by Gasteiger charge is -2.11. The van der Waals surface area contributed by atoms with Gasteiger partial charge in [-0.15, -0.1) is 0 Å². The molecule has 0 aliphatic heterocycles. The Morgan fingerprint density at radius 1 is 1.25 bits per heavy atom. The number of carbonyl (C=O) groups is 1. The standard InChI is InChI=1S/C19H27N3O2/c20-16(9-10-23)19(24)21-12-13-7-8-18-15(11-13)14-5-3-1-2-4-6-17(14)22-18/h7-8,11,16,22-23H,1-6,9-10,12,20H2,(H,21,24)/t16-/m0/s1. The van der Waals surface area contributed by atoms with Gasteiger partial charge in [-0.1, -0.05) is 18.9 Å². The maximum Gasteiger partial charge on any atom is 0.237 e. The van der Waals surface area contributed by atoms with Gasteiger partial charge in [0.25, 0.3) is 0 Å². The number of fused-ring (bicyclic) bond motifs is 3. The minimum absolute atomic E-state index is 0.0734. The molecule has 0 bridgehead atoms. The molecule has 1 atom stereocenters. The lowest BCUT2D eigenvalue weighted by Crippen LogP contribution is -2.40. The summed E-state index contributed by atoms with van der Waals surface area (Å²) < 4.78 is 0. The summed E-state index contributed by atoms with van der Waals surface area (Å²) in [6, 6.07) is 5.69. The second-order valence-electron chi connectivity index (χ2n) is 6.71. The number of aromatic amines is 1. The highest BCUT2D eigenvalue weighted by molar-refractivity contribution is 5.86. The molecule has 0 saturated carbocycles. The summed E-state index contributed by atoms with van der Waals surface area (Å²) in [5.74, 6) is -0.214. The van der Waals surface area contributed by atoms with Crippen molar-refractivity contribution >= 4 is 16.8 Å². The first-order chi connectivity index (χ1) is 11.7. The number of rotatable bonds is 5. The van der Waals surface area contributed by atoms with Gasteiger partial charge in [0.05, 0.1) is 6.04 Å². The van der Waals surface area contributed by atoms with Crippen molar-refractivity contribution in [3.05, 3.63) is 35.0 Å². The maximum absolute atomic E-state index is 11.9. The zero-order valence-electron chi connectivity index (χ0n) is 14.1. The molecule has 1 aromatic heterocycles. The fraction of sp³-hybridized carbons (Fsp3) is 0.526. The molecular formula is C19H27N3O2. The summed E-state index contributed by atoms with van der Waals surface area (Å²) >= 11 is 0. The van der Waals surface area contributed by atoms with Gasteiger partial charge in [0, 0.05) is 29.7 Å². The van der Waals surface area contributed by atoms with Gasteiger partial charge in [-0.05, 0) is 55.4 Å². The topological polar surface area (TPSA) is 91.1 Å². The predicted octanol–water partition coefficient (Wildman–Crippen LogP) is 2.15. The largest absolute Gasteiger partial charge is 0.396 e. The lowest BCUT2D eigenvalue weighted by atomic mass is 9.96. The summed E-state index contributed by atoms with van der Waals surface area (Å²) in [5.41, 5.74) is 10.8. The van der Waals surface area contributed by atoms with E-state index in [4.69, 9.17) is 10.8 Å². The van der Waals surface area contributed by atoms with E-state index >= 15 is 0 Å². The van der Waals surface area contributed by atoms with Crippen LogP contribution in [0.3, 0.4) is 0 Å². The molecular weight excluding hydrogens is 302 g/mol. The second-order valence-corrected chi connectivity index (χ2v) is 6.71. The van der Waals surface area contributed by atoms with Crippen molar-refractivity contribution in [3.8, 4) is 0 Å². The Hall–Kier alpha value is -1.85. The van der Waals surface area contributed by atoms with E-state index in [1.165, 1.54) is 47.8 Å². The quantitative estimate of drug-likeness (QED) is 0.677. The number of aromatic nitrogens is 1. The van der Waals surface area contributed by atoms with E-state index in [-0.39, 0.29) is 18.9 Å². The molecule has 1 amide bonds. The molecule has 1 heterocycles. The summed E-state index contributed by atoms with van der Waals surface area (Å²) in [6.07, 6.45) is 7.68. The predicted molar refractivity (Wildman–Crippen MR) is 95.7 cm³/mol. The average Bonchev–Trinajstić information content (AvgIpc) is 2.88. The third kappa shape index (κ3) is 3.79. The van der Waals surface area contributed by atoms with Crippen LogP contribution in [0.1, 0.15) is 48.9 Å². The van der Waals surface area contributed by atoms with Gasteiger partial charge < -0.3 is 21.1 Å². The molecule has 1 aromatic carbocycles. The molecule has 24 heavy (non-hydrogen) atoms. The van der Waals surface area contributed by atoms with Crippen LogP contribution < -0.4 is 11.1 Å². The van der Waals surface area contributed by atoms with E-state index in [0.717, 1.165) is 18.4 Å². The van der Waals surface area contributed by atoms with Crippen molar-refractivity contribution in [2.24, 2.45) is 5.73 Å². The number of hydrogen-bond acceptors (Lipinski definition) is 3. The van der Waals surface area contributed by atoms with E-state index in [2.05, 4.69) is 22.4 Å². The number of nitrogens with two attached hydrogens (primary N) is 1. The molecule has 1 aliphatic rings. The van der Waals surface area contributed by atoms with Gasteiger partial charge in [0.15, 0.2) is 0 Å². The van der Waals surface area contributed by atoms with Crippen LogP contribution in [0, 0.1) is 0 Å². The fourth-order valence-electron chi connectivity index (χ4n) is 3.51. The van der Waals surface area contributed by atoms with Gasteiger partial charge in [0.1, 0.15) is 0 Å². The second kappa shape index (κ2) is 7.81. The minimum Gasteiger partial charge on any atom is -0.396 e. The van der Waals surface area contributed by atoms with Crippen molar-refractivity contribution in [3.63, 3.8) is 0 Å². The Morgan fingerprint density at radius 2 is 2.04 bits per heavy atom. The highest BCUT2D eigenvalue weighted by atomic mass is 16.3. The highest BCUT2D eigenvalue weighted by Crippen LogP contribution is 2.28. The SMILES string of the molecule is N[C@@H](CCO)C(=O)NCc1ccc2[nH]c3c(c2c1)CCCCCC3. The Labute approximate surface area is 142 Å². The van der Waals surface area contributed by atoms with Crippen LogP contribution in [0.4, 0.5) is 0 Å². The molecule has 5 N–H and O–H groups in total. The zero-order chi connectivity index (χ0) is 16.9. The third-order valence-electron chi connectivity index (χ3n) is 4.91. The van der Waals surface area contributed by atoms with Crippen molar-refractivity contribution in [1.29, 1.82) is 0 Å². The molecule has 0 radical (unpaired) electrons. The zero-order valence-corrected chi connectivity index (χ0v) is 14.1. The number of amides is 1. The third-order valence-corrected chi connectivity index (χ3v) is 4.91. The Kier molecular flexibility index (Phi) is 5.53. The first kappa shape index (κ1) is 17.0. The maximum atomic E-state index is 11.9. The van der Waals surface area contributed by atoms with Crippen LogP contribution in [0.5, 0.6) is 0 Å². The molecule has 1 aliphatic carbocycles. The molecule has 130 valence electrons. The smallest absolute Gasteiger partial charge is 0.237 e. The number of carbonyl (C=O) groups excluding carboxylic acids is 1. The number of aliphatic hydroxyl groups excluding tert-OH is 1. The summed E-state index contributed by atoms with van der Waals surface area (Å²) in [5, 5.41) is 13.0. The average molecular weight is 329 g/mol. The lowest BCUT2D eigenvalue weighted by molar-refractivity contribution is -0.122. The molecule has 2 aromatic rings. The highest BCUT2D eigenvalue weighted by Gasteiger charge is 2.15. The van der Waals surface area contributed by atoms with Crippen LogP contribution in [0.15, 0.2) is 18.2 Å². The molecule has 0 spiro atoms. The van der Waals surface area contributed by atoms with Crippen molar-refractivity contribution < 1.29 is 9.90 Å². The van der Waals surface area contributed by atoms with Crippen molar-refractivity contribution in [2.45, 2.75) is 57.5 Å². The number of hydrogen-bond donors (Lipinski definition) is 4. The summed E-state index contributed by atoms with van der Waals surface area (Å²) in [6.45, 7) is 0.393. The first-order valence-corrected chi connectivity index (χ1v) is 8.95. The Balaban J connectivity index is 1.75. The monoisotopic (exact) mass is 329 g/mol. The fourth-order valence-corrected chi connectivity index (χ4v) is 3.51. The Morgan fingerprint density at radius 3 is 2.83 bits per heavy atom. The molecule has 0 saturated heterocycles. The van der Waals surface area contributed by atoms with Crippen LogP contribution in [0.2, 0.25) is 0 Å². The van der Waals surface area contributed by atoms with Crippen LogP contribution in [-0.2, 0) is 24.2 Å². The summed E-state index contributed by atoms with van der Waals surface area (Å²) in [4.78, 5) is 15.5. The molecule has 0 fully saturated rings. The summed E-state index contributed by atoms with van der Waals surface area (Å²) in [7, 11) is 0. The Bertz CT molecular complexity index is 708. The van der Waals surface area contributed by atoms with E-state index in [0.29, 0.717) is 6.54 Å². The van der Waals surface area contributed by atoms with Crippen molar-refractivity contribution in [2.75, 3.05) is 6.61 Å². The first-order valence-electron chi connectivity index (χ1n) is 8.95. The molecule has 5 heteroatoms. The number of nitrogens with one attached hydrogen (secondary N) is 2. The number of H-pyrrole nitrogens is 1. The van der Waals surface area contributed by atoms with Crippen LogP contribution >= 0.6 is 0 Å². The number of aliphatic hydroxyl groups is 1. The van der Waals surface area contributed by atoms with Gasteiger partial charge in [-0.25, -0.2) is 0 Å². The normalized spacial score (nSPS) is 16.2. The van der Waals surface area contributed by atoms with Gasteiger partial charge in [-0.2, -0.15) is 0 Å². The van der Waals surface area contributed by atoms with E-state index in [1.54, 1.807) is 0 Å². The van der Waals surface area contributed by atoms with Gasteiger partial charge >= 0.3 is 0 Å². The molecule has 5 nitrogen and oxygen atoms in total. The van der Waals surface area contributed by atoms with E-state index in [9.17, 15) is 4.79 Å². The van der Waals surface area contributed by atoms with E-state index < -0.39 is 6.04 Å². The van der Waals surface area contributed by atoms with Crippen molar-refractivity contribution in [1.82, 2.24) is 10.3 Å². The minimum atomic E-state index is -0.647. The van der Waals surface area contributed by atoms with Crippen LogP contribution in [0.25, 0.3) is 10.9 Å². The number of benzene rings is 1. The molecule has 0 unspecified atom stereocenters. The number of aryl methyl sites for hydroxylation is 2. The van der Waals surface area contributed by atoms with Crippen LogP contribution in [-0.4, -0.2) is 28.6 Å². The van der Waals surface area contributed by atoms with Gasteiger partial charge in [-0.3, -0.25) is 4.79 Å².